The predicted octanol–water partition coefficient (Wildman–Crippen LogP) is 15.3. The first-order valence-corrected chi connectivity index (χ1v) is 25.8. The predicted molar refractivity (Wildman–Crippen MR) is 313 cm³/mol. The number of rotatable bonds is 4. The van der Waals surface area contributed by atoms with Crippen molar-refractivity contribution in [2.75, 3.05) is 4.90 Å². The maximum Gasteiger partial charge on any atom is 0.252 e. The lowest BCUT2D eigenvalue weighted by Crippen LogP contribution is -2.60. The quantitative estimate of drug-likeness (QED) is 0.161. The molecule has 4 aromatic heterocycles. The van der Waals surface area contributed by atoms with Crippen molar-refractivity contribution in [3.8, 4) is 22.7 Å². The molecule has 2 aliphatic rings. The normalized spacial score (nSPS) is 12.9. The van der Waals surface area contributed by atoms with Crippen LogP contribution in [0.15, 0.2) is 231 Å². The van der Waals surface area contributed by atoms with Crippen LogP contribution in [0.4, 0.5) is 17.1 Å². The number of aryl methyl sites for hydroxylation is 2. The second-order valence-corrected chi connectivity index (χ2v) is 20.6. The number of nitrogens with zero attached hydrogens (tertiary/aromatic N) is 5. The van der Waals surface area contributed by atoms with Crippen LogP contribution in [0.1, 0.15) is 11.1 Å². The van der Waals surface area contributed by atoms with Gasteiger partial charge in [-0.05, 0) is 121 Å². The summed E-state index contributed by atoms with van der Waals surface area (Å²) in [6.07, 6.45) is 0. The van der Waals surface area contributed by atoms with Gasteiger partial charge in [-0.25, -0.2) is 0 Å². The number of para-hydroxylation sites is 7. The zero-order valence-electron chi connectivity index (χ0n) is 40.8. The van der Waals surface area contributed by atoms with Crippen LogP contribution in [0.5, 0.6) is 0 Å². The standard InChI is InChI=1S/C68H44BN5/c1-41-34-35-57-50(36-41)51-37-42(2)38-53-65(51)74(57)60-40-46(39-59-64(60)69(53)52-29-15-19-33-58(52)70(59)43-20-6-3-7-21-43)73-56-32-18-14-28-49(56)63-67-61(47-26-12-16-30-54(47)71(67)44-22-8-4-9-23-44)66-62(68(63)73)48-27-13-17-31-55(48)72(66)45-24-10-5-11-25-45/h3-40H,1-2H3. The smallest absolute Gasteiger partial charge is 0.252 e. The summed E-state index contributed by atoms with van der Waals surface area (Å²) in [6.45, 7) is 4.51. The minimum atomic E-state index is 0.0143. The average molecular weight is 942 g/mol. The van der Waals surface area contributed by atoms with E-state index < -0.39 is 0 Å². The Morgan fingerprint density at radius 1 is 0.284 bits per heavy atom. The van der Waals surface area contributed by atoms with Crippen molar-refractivity contribution in [1.29, 1.82) is 0 Å². The van der Waals surface area contributed by atoms with Gasteiger partial charge in [-0.3, -0.25) is 0 Å². The van der Waals surface area contributed by atoms with Crippen LogP contribution in [0.2, 0.25) is 0 Å². The molecule has 5 nitrogen and oxygen atoms in total. The zero-order valence-corrected chi connectivity index (χ0v) is 40.8. The lowest BCUT2D eigenvalue weighted by atomic mass is 9.33. The van der Waals surface area contributed by atoms with Gasteiger partial charge in [0.05, 0.1) is 44.3 Å². The summed E-state index contributed by atoms with van der Waals surface area (Å²) in [4.78, 5) is 2.54. The Bertz CT molecular complexity index is 4850. The maximum absolute atomic E-state index is 2.63. The molecule has 2 aliphatic heterocycles. The van der Waals surface area contributed by atoms with Crippen molar-refractivity contribution in [1.82, 2.24) is 18.3 Å². The molecular weight excluding hydrogens is 898 g/mol. The van der Waals surface area contributed by atoms with E-state index >= 15 is 0 Å². The third-order valence-electron chi connectivity index (χ3n) is 16.5. The van der Waals surface area contributed by atoms with E-state index in [-0.39, 0.29) is 6.71 Å². The second-order valence-electron chi connectivity index (χ2n) is 20.6. The average Bonchev–Trinajstić information content (AvgIpc) is 4.21. The molecule has 74 heavy (non-hydrogen) atoms. The molecule has 0 aliphatic carbocycles. The first-order chi connectivity index (χ1) is 36.6. The van der Waals surface area contributed by atoms with Gasteiger partial charge in [0.2, 0.25) is 0 Å². The molecule has 6 heterocycles. The third kappa shape index (κ3) is 5.09. The highest BCUT2D eigenvalue weighted by atomic mass is 15.2. The summed E-state index contributed by atoms with van der Waals surface area (Å²) in [7, 11) is 0. The number of aromatic nitrogens is 4. The van der Waals surface area contributed by atoms with Crippen LogP contribution >= 0.6 is 0 Å². The number of hydrogen-bond donors (Lipinski definition) is 0. The van der Waals surface area contributed by atoms with E-state index in [0.29, 0.717) is 0 Å². The van der Waals surface area contributed by atoms with Gasteiger partial charge in [0, 0.05) is 82.7 Å². The van der Waals surface area contributed by atoms with E-state index in [0.717, 1.165) is 28.3 Å². The molecule has 0 unspecified atom stereocenters. The largest absolute Gasteiger partial charge is 0.311 e. The van der Waals surface area contributed by atoms with Crippen LogP contribution in [0.25, 0.3) is 110 Å². The summed E-state index contributed by atoms with van der Waals surface area (Å²) in [6, 6.07) is 86.4. The fraction of sp³-hybridized carbons (Fsp3) is 0.0294. The van der Waals surface area contributed by atoms with Crippen LogP contribution < -0.4 is 21.3 Å². The zero-order chi connectivity index (χ0) is 48.5. The fourth-order valence-corrected chi connectivity index (χ4v) is 13.8. The van der Waals surface area contributed by atoms with Crippen molar-refractivity contribution in [2.45, 2.75) is 13.8 Å². The lowest BCUT2D eigenvalue weighted by molar-refractivity contribution is 1.13. The maximum atomic E-state index is 2.63. The van der Waals surface area contributed by atoms with Crippen LogP contribution in [-0.2, 0) is 0 Å². The minimum Gasteiger partial charge on any atom is -0.311 e. The van der Waals surface area contributed by atoms with E-state index in [1.807, 2.05) is 0 Å². The number of hydrogen-bond acceptors (Lipinski definition) is 1. The van der Waals surface area contributed by atoms with Crippen molar-refractivity contribution < 1.29 is 0 Å². The molecule has 0 saturated heterocycles. The van der Waals surface area contributed by atoms with Gasteiger partial charge in [-0.1, -0.05) is 151 Å². The lowest BCUT2D eigenvalue weighted by Gasteiger charge is -2.40. The van der Waals surface area contributed by atoms with E-state index in [4.69, 9.17) is 0 Å². The van der Waals surface area contributed by atoms with Gasteiger partial charge in [0.15, 0.2) is 0 Å². The molecule has 0 radical (unpaired) electrons. The molecule has 0 fully saturated rings. The summed E-state index contributed by atoms with van der Waals surface area (Å²) in [5, 5.41) is 9.97. The highest BCUT2D eigenvalue weighted by Gasteiger charge is 2.43. The third-order valence-corrected chi connectivity index (χ3v) is 16.5. The summed E-state index contributed by atoms with van der Waals surface area (Å²) >= 11 is 0. The van der Waals surface area contributed by atoms with Crippen LogP contribution in [-0.4, -0.2) is 25.0 Å². The topological polar surface area (TPSA) is 23.0 Å². The van der Waals surface area contributed by atoms with E-state index in [9.17, 15) is 0 Å². The van der Waals surface area contributed by atoms with Gasteiger partial charge in [-0.2, -0.15) is 0 Å². The SMILES string of the molecule is Cc1ccc2c(c1)c1cc(C)cc3c1n2-c1cc(-n2c4ccccc4c4c5c(c6ccccc6n5-c5ccccc5)c5c(c6ccccc6n5-c5ccccc5)c42)cc2c1B3c1ccccc1N2c1ccccc1. The van der Waals surface area contributed by atoms with Gasteiger partial charge in [0.1, 0.15) is 0 Å². The molecule has 0 N–H and O–H groups in total. The van der Waals surface area contributed by atoms with Gasteiger partial charge in [0.25, 0.3) is 6.71 Å². The molecule has 0 atom stereocenters. The summed E-state index contributed by atoms with van der Waals surface area (Å²) in [5.41, 5.74) is 24.3. The fourth-order valence-electron chi connectivity index (χ4n) is 13.8. The molecule has 0 bridgehead atoms. The molecule has 17 rings (SSSR count). The van der Waals surface area contributed by atoms with Crippen LogP contribution in [0.3, 0.4) is 0 Å². The highest BCUT2D eigenvalue weighted by Crippen LogP contribution is 2.51. The molecular formula is C68H44BN5. The summed E-state index contributed by atoms with van der Waals surface area (Å²) < 4.78 is 10.3. The molecule has 0 saturated carbocycles. The molecule has 6 heteroatoms. The number of anilines is 3. The number of fused-ring (bicyclic) bond motifs is 19. The molecule has 0 amide bonds. The van der Waals surface area contributed by atoms with E-state index in [1.54, 1.807) is 0 Å². The van der Waals surface area contributed by atoms with Crippen molar-refractivity contribution >= 4 is 127 Å². The molecule has 15 aromatic rings. The van der Waals surface area contributed by atoms with Gasteiger partial charge >= 0.3 is 0 Å². The van der Waals surface area contributed by atoms with Crippen molar-refractivity contribution in [3.05, 3.63) is 242 Å². The van der Waals surface area contributed by atoms with Gasteiger partial charge < -0.3 is 23.2 Å². The molecule has 344 valence electrons. The second kappa shape index (κ2) is 14.6. The molecule has 0 spiro atoms. The monoisotopic (exact) mass is 941 g/mol. The highest BCUT2D eigenvalue weighted by molar-refractivity contribution is 7.00. The minimum absolute atomic E-state index is 0.0143. The molecule has 11 aromatic carbocycles. The Morgan fingerprint density at radius 2 is 0.743 bits per heavy atom. The van der Waals surface area contributed by atoms with Crippen molar-refractivity contribution in [3.63, 3.8) is 0 Å². The van der Waals surface area contributed by atoms with Crippen LogP contribution in [0, 0.1) is 13.8 Å². The Labute approximate surface area is 426 Å². The Hall–Kier alpha value is -9.52. The summed E-state index contributed by atoms with van der Waals surface area (Å²) in [5.74, 6) is 0. The Morgan fingerprint density at radius 3 is 1.32 bits per heavy atom. The van der Waals surface area contributed by atoms with Crippen molar-refractivity contribution in [2.24, 2.45) is 0 Å². The Kier molecular flexibility index (Phi) is 7.89. The first kappa shape index (κ1) is 40.1. The van der Waals surface area contributed by atoms with E-state index in [1.165, 1.54) is 126 Å². The Balaban J connectivity index is 1.13. The first-order valence-electron chi connectivity index (χ1n) is 25.8. The number of benzene rings is 11. The van der Waals surface area contributed by atoms with E-state index in [2.05, 4.69) is 268 Å². The van der Waals surface area contributed by atoms with Gasteiger partial charge in [-0.15, -0.1) is 0 Å².